The van der Waals surface area contributed by atoms with Crippen LogP contribution in [-0.4, -0.2) is 43.9 Å². The lowest BCUT2D eigenvalue weighted by Crippen LogP contribution is -2.55. The summed E-state index contributed by atoms with van der Waals surface area (Å²) in [7, 11) is 2.44. The number of ether oxygens (including phenoxy) is 1. The highest BCUT2D eigenvalue weighted by atomic mass is 16.5. The summed E-state index contributed by atoms with van der Waals surface area (Å²) in [4.78, 5) is 0. The molecule has 0 aromatic rings. The van der Waals surface area contributed by atoms with Crippen molar-refractivity contribution in [3.8, 4) is 0 Å². The van der Waals surface area contributed by atoms with Crippen LogP contribution < -0.4 is 0 Å². The second-order valence-electron chi connectivity index (χ2n) is 7.07. The highest BCUT2D eigenvalue weighted by Crippen LogP contribution is 2.38. The summed E-state index contributed by atoms with van der Waals surface area (Å²) in [5, 5.41) is 0. The molecule has 0 aromatic heterocycles. The minimum absolute atomic E-state index is 0.487. The van der Waals surface area contributed by atoms with Crippen molar-refractivity contribution in [2.45, 2.75) is 45.1 Å². The topological polar surface area (TPSA) is 9.23 Å². The first-order valence-electron chi connectivity index (χ1n) is 7.78. The van der Waals surface area contributed by atoms with Crippen LogP contribution in [0.1, 0.15) is 39.0 Å². The number of hydrogen-bond donors (Lipinski definition) is 0. The average molecular weight is 250 g/mol. The predicted octanol–water partition coefficient (Wildman–Crippen LogP) is 2.99. The number of likely N-dealkylation sites (N-methyl/N-ethyl adjacent to an activating group) is 1. The van der Waals surface area contributed by atoms with Crippen molar-refractivity contribution in [3.05, 3.63) is 11.6 Å². The monoisotopic (exact) mass is 250 g/mol. The van der Waals surface area contributed by atoms with Crippen molar-refractivity contribution in [1.29, 1.82) is 0 Å². The number of quaternary nitrogens is 1. The maximum Gasteiger partial charge on any atom is 0.113 e. The van der Waals surface area contributed by atoms with Crippen LogP contribution in [0, 0.1) is 11.8 Å². The number of likely N-dealkylation sites (tertiary alicyclic amines) is 1. The van der Waals surface area contributed by atoms with E-state index in [1.807, 2.05) is 0 Å². The Balaban J connectivity index is 1.68. The molecule has 0 unspecified atom stereocenters. The van der Waals surface area contributed by atoms with Gasteiger partial charge in [-0.15, -0.1) is 0 Å². The summed E-state index contributed by atoms with van der Waals surface area (Å²) in [5.74, 6) is 1.52. The van der Waals surface area contributed by atoms with E-state index in [4.69, 9.17) is 4.74 Å². The molecular weight excluding hydrogens is 222 g/mol. The quantitative estimate of drug-likeness (QED) is 0.541. The van der Waals surface area contributed by atoms with Gasteiger partial charge in [0.05, 0.1) is 26.7 Å². The Morgan fingerprint density at radius 3 is 2.83 bits per heavy atom. The Bertz CT molecular complexity index is 330. The van der Waals surface area contributed by atoms with Crippen molar-refractivity contribution in [2.24, 2.45) is 11.8 Å². The number of piperidine rings is 1. The fourth-order valence-electron chi connectivity index (χ4n) is 4.17. The lowest BCUT2D eigenvalue weighted by molar-refractivity contribution is -0.917. The van der Waals surface area contributed by atoms with Gasteiger partial charge in [0, 0.05) is 5.92 Å². The third kappa shape index (κ3) is 2.50. The third-order valence-corrected chi connectivity index (χ3v) is 5.46. The molecule has 0 amide bonds. The molecule has 3 atom stereocenters. The SMILES string of the molecule is CC1=CC[C@@H]2CO[C@H](C[N+]3(C)CCCCC3)[C@H]1C2. The summed E-state index contributed by atoms with van der Waals surface area (Å²) in [5.41, 5.74) is 1.60. The number of nitrogens with zero attached hydrogens (tertiary/aromatic N) is 1. The van der Waals surface area contributed by atoms with Gasteiger partial charge in [0.1, 0.15) is 12.6 Å². The zero-order valence-corrected chi connectivity index (χ0v) is 12.0. The van der Waals surface area contributed by atoms with Gasteiger partial charge in [0.25, 0.3) is 0 Å². The smallest absolute Gasteiger partial charge is 0.113 e. The van der Waals surface area contributed by atoms with Gasteiger partial charge in [0.2, 0.25) is 0 Å². The first-order valence-corrected chi connectivity index (χ1v) is 7.78. The van der Waals surface area contributed by atoms with Crippen LogP contribution in [0.5, 0.6) is 0 Å². The molecule has 0 spiro atoms. The molecule has 2 heterocycles. The molecule has 2 aliphatic heterocycles. The summed E-state index contributed by atoms with van der Waals surface area (Å²) < 4.78 is 7.48. The van der Waals surface area contributed by atoms with E-state index in [9.17, 15) is 0 Å². The molecule has 2 saturated heterocycles. The van der Waals surface area contributed by atoms with Gasteiger partial charge in [-0.2, -0.15) is 0 Å². The van der Waals surface area contributed by atoms with Crippen molar-refractivity contribution in [1.82, 2.24) is 0 Å². The van der Waals surface area contributed by atoms with Gasteiger partial charge in [-0.3, -0.25) is 0 Å². The number of hydrogen-bond acceptors (Lipinski definition) is 1. The summed E-state index contributed by atoms with van der Waals surface area (Å²) in [6, 6.07) is 0. The summed E-state index contributed by atoms with van der Waals surface area (Å²) in [6.45, 7) is 7.28. The normalized spacial score (nSPS) is 39.2. The minimum Gasteiger partial charge on any atom is -0.371 e. The van der Waals surface area contributed by atoms with Crippen LogP contribution in [0.3, 0.4) is 0 Å². The highest BCUT2D eigenvalue weighted by Gasteiger charge is 2.39. The van der Waals surface area contributed by atoms with E-state index in [1.54, 1.807) is 5.57 Å². The first kappa shape index (κ1) is 12.7. The lowest BCUT2D eigenvalue weighted by atomic mass is 9.76. The number of allylic oxidation sites excluding steroid dienone is 1. The molecule has 2 fully saturated rings. The van der Waals surface area contributed by atoms with Crippen LogP contribution >= 0.6 is 0 Å². The molecule has 18 heavy (non-hydrogen) atoms. The van der Waals surface area contributed by atoms with Gasteiger partial charge < -0.3 is 9.22 Å². The number of fused-ring (bicyclic) bond motifs is 2. The molecule has 3 rings (SSSR count). The molecule has 3 aliphatic rings. The van der Waals surface area contributed by atoms with Crippen LogP contribution in [0.15, 0.2) is 11.6 Å². The molecule has 0 N–H and O–H groups in total. The molecule has 0 saturated carbocycles. The van der Waals surface area contributed by atoms with Crippen LogP contribution in [0.2, 0.25) is 0 Å². The zero-order chi connectivity index (χ0) is 12.6. The molecule has 1 aliphatic carbocycles. The highest BCUT2D eigenvalue weighted by molar-refractivity contribution is 5.12. The Labute approximate surface area is 112 Å². The average Bonchev–Trinajstić information content (AvgIpc) is 2.37. The van der Waals surface area contributed by atoms with Crippen molar-refractivity contribution >= 4 is 0 Å². The van der Waals surface area contributed by atoms with Crippen molar-refractivity contribution in [3.63, 3.8) is 0 Å². The third-order valence-electron chi connectivity index (χ3n) is 5.46. The van der Waals surface area contributed by atoms with Crippen molar-refractivity contribution < 1.29 is 9.22 Å². The Morgan fingerprint density at radius 1 is 1.28 bits per heavy atom. The maximum absolute atomic E-state index is 6.23. The second kappa shape index (κ2) is 4.97. The summed E-state index contributed by atoms with van der Waals surface area (Å²) >= 11 is 0. The van der Waals surface area contributed by atoms with Crippen LogP contribution in [-0.2, 0) is 4.74 Å². The lowest BCUT2D eigenvalue weighted by Gasteiger charge is -2.45. The molecule has 2 heteroatoms. The Morgan fingerprint density at radius 2 is 2.06 bits per heavy atom. The van der Waals surface area contributed by atoms with Gasteiger partial charge in [-0.05, 0) is 44.9 Å². The maximum atomic E-state index is 6.23. The van der Waals surface area contributed by atoms with E-state index in [0.717, 1.165) is 18.4 Å². The predicted molar refractivity (Wildman–Crippen MR) is 74.3 cm³/mol. The van der Waals surface area contributed by atoms with Crippen molar-refractivity contribution in [2.75, 3.05) is 33.3 Å². The fraction of sp³-hybridized carbons (Fsp3) is 0.875. The first-order chi connectivity index (χ1) is 8.66. The number of rotatable bonds is 2. The Kier molecular flexibility index (Phi) is 3.50. The van der Waals surface area contributed by atoms with Gasteiger partial charge in [0.15, 0.2) is 0 Å². The van der Waals surface area contributed by atoms with Gasteiger partial charge >= 0.3 is 0 Å². The molecule has 102 valence electrons. The van der Waals surface area contributed by atoms with E-state index < -0.39 is 0 Å². The van der Waals surface area contributed by atoms with Crippen LogP contribution in [0.25, 0.3) is 0 Å². The van der Waals surface area contributed by atoms with E-state index in [2.05, 4.69) is 20.0 Å². The molecule has 0 radical (unpaired) electrons. The minimum atomic E-state index is 0.487. The second-order valence-corrected chi connectivity index (χ2v) is 7.07. The van der Waals surface area contributed by atoms with E-state index in [0.29, 0.717) is 6.10 Å². The zero-order valence-electron chi connectivity index (χ0n) is 12.0. The fourth-order valence-corrected chi connectivity index (χ4v) is 4.17. The van der Waals surface area contributed by atoms with Gasteiger partial charge in [-0.25, -0.2) is 0 Å². The molecule has 2 bridgehead atoms. The standard InChI is InChI=1S/C16H28NO/c1-13-6-7-14-10-15(13)16(18-12-14)11-17(2)8-4-3-5-9-17/h6,14-16H,3-5,7-12H2,1-2H3/q+1/t14-,15-,16+/m0/s1. The largest absolute Gasteiger partial charge is 0.371 e. The molecule has 2 nitrogen and oxygen atoms in total. The Hall–Kier alpha value is -0.340. The van der Waals surface area contributed by atoms with E-state index >= 15 is 0 Å². The van der Waals surface area contributed by atoms with E-state index in [-0.39, 0.29) is 0 Å². The van der Waals surface area contributed by atoms with E-state index in [1.165, 1.54) is 56.2 Å². The van der Waals surface area contributed by atoms with Gasteiger partial charge in [-0.1, -0.05) is 11.6 Å². The molecule has 0 aromatic carbocycles. The molecular formula is C16H28NO+. The summed E-state index contributed by atoms with van der Waals surface area (Å²) in [6.07, 6.45) is 9.85. The van der Waals surface area contributed by atoms with Crippen LogP contribution in [0.4, 0.5) is 0 Å².